The molecule has 104 valence electrons. The second-order valence-electron chi connectivity index (χ2n) is 4.50. The van der Waals surface area contributed by atoms with Gasteiger partial charge in [0.1, 0.15) is 10.9 Å². The number of aryl methyl sites for hydroxylation is 1. The molecule has 0 aromatic heterocycles. The number of hydrogen-bond donors (Lipinski definition) is 1. The SMILES string of the molecule is Cc1cccc(S(=O)(=O)N2CCCC2C(=O)O)c1Cl. The van der Waals surface area contributed by atoms with Crippen LogP contribution in [0.2, 0.25) is 5.02 Å². The van der Waals surface area contributed by atoms with Gasteiger partial charge in [0.15, 0.2) is 0 Å². The summed E-state index contributed by atoms with van der Waals surface area (Å²) in [6, 6.07) is 3.71. The minimum atomic E-state index is -3.87. The molecule has 0 spiro atoms. The molecule has 1 aliphatic rings. The van der Waals surface area contributed by atoms with E-state index in [1.807, 2.05) is 0 Å². The highest BCUT2D eigenvalue weighted by molar-refractivity contribution is 7.89. The maximum absolute atomic E-state index is 12.5. The number of carboxylic acid groups (broad SMARTS) is 1. The van der Waals surface area contributed by atoms with Crippen molar-refractivity contribution < 1.29 is 18.3 Å². The first kappa shape index (κ1) is 14.3. The zero-order valence-corrected chi connectivity index (χ0v) is 11.9. The zero-order valence-electron chi connectivity index (χ0n) is 10.3. The van der Waals surface area contributed by atoms with Crippen molar-refractivity contribution in [3.8, 4) is 0 Å². The zero-order chi connectivity index (χ0) is 14.2. The Bertz CT molecular complexity index is 614. The highest BCUT2D eigenvalue weighted by atomic mass is 35.5. The Labute approximate surface area is 116 Å². The van der Waals surface area contributed by atoms with Crippen LogP contribution in [0.1, 0.15) is 18.4 Å². The Kier molecular flexibility index (Phi) is 3.85. The molecule has 0 radical (unpaired) electrons. The Morgan fingerprint density at radius 2 is 2.16 bits per heavy atom. The fraction of sp³-hybridized carbons (Fsp3) is 0.417. The van der Waals surface area contributed by atoms with Crippen LogP contribution < -0.4 is 0 Å². The molecule has 1 N–H and O–H groups in total. The molecule has 1 aromatic carbocycles. The first-order chi connectivity index (χ1) is 8.85. The smallest absolute Gasteiger partial charge is 0.322 e. The van der Waals surface area contributed by atoms with Gasteiger partial charge in [-0.2, -0.15) is 4.31 Å². The van der Waals surface area contributed by atoms with Crippen molar-refractivity contribution in [3.05, 3.63) is 28.8 Å². The molecule has 0 amide bonds. The van der Waals surface area contributed by atoms with Crippen molar-refractivity contribution in [1.29, 1.82) is 0 Å². The number of carboxylic acids is 1. The number of halogens is 1. The summed E-state index contributed by atoms with van der Waals surface area (Å²) in [5.41, 5.74) is 0.647. The van der Waals surface area contributed by atoms with E-state index in [1.54, 1.807) is 19.1 Å². The summed E-state index contributed by atoms with van der Waals surface area (Å²) in [4.78, 5) is 11.1. The summed E-state index contributed by atoms with van der Waals surface area (Å²) in [6.45, 7) is 1.92. The van der Waals surface area contributed by atoms with E-state index in [0.29, 0.717) is 18.4 Å². The van der Waals surface area contributed by atoms with Gasteiger partial charge in [0, 0.05) is 6.54 Å². The van der Waals surface area contributed by atoms with E-state index in [4.69, 9.17) is 16.7 Å². The summed E-state index contributed by atoms with van der Waals surface area (Å²) < 4.78 is 26.0. The fourth-order valence-electron chi connectivity index (χ4n) is 2.22. The number of nitrogens with zero attached hydrogens (tertiary/aromatic N) is 1. The average molecular weight is 304 g/mol. The van der Waals surface area contributed by atoms with Crippen LogP contribution in [-0.2, 0) is 14.8 Å². The average Bonchev–Trinajstić information content (AvgIpc) is 2.82. The molecule has 1 unspecified atom stereocenters. The summed E-state index contributed by atoms with van der Waals surface area (Å²) in [5.74, 6) is -1.12. The van der Waals surface area contributed by atoms with Gasteiger partial charge in [-0.3, -0.25) is 4.79 Å². The monoisotopic (exact) mass is 303 g/mol. The van der Waals surface area contributed by atoms with Crippen LogP contribution in [0.4, 0.5) is 0 Å². The number of rotatable bonds is 3. The van der Waals surface area contributed by atoms with Gasteiger partial charge in [-0.25, -0.2) is 8.42 Å². The van der Waals surface area contributed by atoms with E-state index < -0.39 is 22.0 Å². The van der Waals surface area contributed by atoms with Crippen LogP contribution in [0.3, 0.4) is 0 Å². The van der Waals surface area contributed by atoms with E-state index in [-0.39, 0.29) is 16.5 Å². The molecule has 19 heavy (non-hydrogen) atoms. The highest BCUT2D eigenvalue weighted by Crippen LogP contribution is 2.31. The number of sulfonamides is 1. The number of benzene rings is 1. The maximum atomic E-state index is 12.5. The van der Waals surface area contributed by atoms with E-state index in [9.17, 15) is 13.2 Å². The lowest BCUT2D eigenvalue weighted by Crippen LogP contribution is -2.40. The predicted molar refractivity (Wildman–Crippen MR) is 70.7 cm³/mol. The highest BCUT2D eigenvalue weighted by Gasteiger charge is 2.40. The molecule has 1 heterocycles. The number of aliphatic carboxylic acids is 1. The van der Waals surface area contributed by atoms with E-state index in [2.05, 4.69) is 0 Å². The standard InChI is InChI=1S/C12H14ClNO4S/c1-8-4-2-6-10(11(8)13)19(17,18)14-7-3-5-9(14)12(15)16/h2,4,6,9H,3,5,7H2,1H3,(H,15,16). The lowest BCUT2D eigenvalue weighted by molar-refractivity contribution is -0.140. The predicted octanol–water partition coefficient (Wildman–Crippen LogP) is 1.89. The first-order valence-corrected chi connectivity index (χ1v) is 7.67. The van der Waals surface area contributed by atoms with Gasteiger partial charge in [0.2, 0.25) is 10.0 Å². The van der Waals surface area contributed by atoms with Crippen LogP contribution >= 0.6 is 11.6 Å². The van der Waals surface area contributed by atoms with Crippen molar-refractivity contribution in [1.82, 2.24) is 4.31 Å². The lowest BCUT2D eigenvalue weighted by atomic mass is 10.2. The number of hydrogen-bond acceptors (Lipinski definition) is 3. The van der Waals surface area contributed by atoms with Crippen LogP contribution in [-0.4, -0.2) is 36.4 Å². The van der Waals surface area contributed by atoms with Crippen molar-refractivity contribution in [2.75, 3.05) is 6.54 Å². The van der Waals surface area contributed by atoms with Crippen LogP contribution in [0.5, 0.6) is 0 Å². The molecule has 1 aliphatic heterocycles. The molecule has 2 rings (SSSR count). The molecule has 0 bridgehead atoms. The van der Waals surface area contributed by atoms with Crippen molar-refractivity contribution in [3.63, 3.8) is 0 Å². The van der Waals surface area contributed by atoms with Gasteiger partial charge < -0.3 is 5.11 Å². The molecular formula is C12H14ClNO4S. The summed E-state index contributed by atoms with van der Waals surface area (Å²) in [7, 11) is -3.87. The quantitative estimate of drug-likeness (QED) is 0.925. The third-order valence-electron chi connectivity index (χ3n) is 3.23. The van der Waals surface area contributed by atoms with Crippen molar-refractivity contribution in [2.45, 2.75) is 30.7 Å². The van der Waals surface area contributed by atoms with E-state index in [0.717, 1.165) is 4.31 Å². The second-order valence-corrected chi connectivity index (χ2v) is 6.74. The van der Waals surface area contributed by atoms with Crippen molar-refractivity contribution >= 4 is 27.6 Å². The Morgan fingerprint density at radius 1 is 1.47 bits per heavy atom. The normalized spacial score (nSPS) is 20.6. The van der Waals surface area contributed by atoms with Gasteiger partial charge in [-0.15, -0.1) is 0 Å². The van der Waals surface area contributed by atoms with Crippen LogP contribution in [0.15, 0.2) is 23.1 Å². The fourth-order valence-corrected chi connectivity index (χ4v) is 4.43. The molecule has 0 saturated carbocycles. The molecule has 1 aromatic rings. The van der Waals surface area contributed by atoms with Gasteiger partial charge in [-0.1, -0.05) is 23.7 Å². The Hall–Kier alpha value is -1.11. The second kappa shape index (κ2) is 5.11. The largest absolute Gasteiger partial charge is 0.480 e. The van der Waals surface area contributed by atoms with Crippen LogP contribution in [0.25, 0.3) is 0 Å². The minimum Gasteiger partial charge on any atom is -0.480 e. The molecule has 1 atom stereocenters. The number of carbonyl (C=O) groups is 1. The van der Waals surface area contributed by atoms with E-state index >= 15 is 0 Å². The summed E-state index contributed by atoms with van der Waals surface area (Å²) in [6.07, 6.45) is 0.873. The summed E-state index contributed by atoms with van der Waals surface area (Å²) >= 11 is 6.03. The molecule has 1 saturated heterocycles. The summed E-state index contributed by atoms with van der Waals surface area (Å²) in [5, 5.41) is 9.23. The third kappa shape index (κ3) is 2.48. The molecule has 5 nitrogen and oxygen atoms in total. The first-order valence-electron chi connectivity index (χ1n) is 5.85. The Balaban J connectivity index is 2.48. The molecular weight excluding hydrogens is 290 g/mol. The van der Waals surface area contributed by atoms with Gasteiger partial charge in [-0.05, 0) is 31.4 Å². The molecule has 1 fully saturated rings. The Morgan fingerprint density at radius 3 is 2.79 bits per heavy atom. The van der Waals surface area contributed by atoms with Gasteiger partial charge >= 0.3 is 5.97 Å². The minimum absolute atomic E-state index is 0.0256. The van der Waals surface area contributed by atoms with E-state index in [1.165, 1.54) is 6.07 Å². The van der Waals surface area contributed by atoms with Crippen molar-refractivity contribution in [2.24, 2.45) is 0 Å². The molecule has 7 heteroatoms. The topological polar surface area (TPSA) is 74.7 Å². The lowest BCUT2D eigenvalue weighted by Gasteiger charge is -2.21. The maximum Gasteiger partial charge on any atom is 0.322 e. The van der Waals surface area contributed by atoms with Gasteiger partial charge in [0.25, 0.3) is 0 Å². The van der Waals surface area contributed by atoms with Crippen LogP contribution in [0, 0.1) is 6.92 Å². The van der Waals surface area contributed by atoms with Gasteiger partial charge in [0.05, 0.1) is 5.02 Å². The molecule has 0 aliphatic carbocycles. The third-order valence-corrected chi connectivity index (χ3v) is 5.80.